The summed E-state index contributed by atoms with van der Waals surface area (Å²) in [5.41, 5.74) is 2.56. The van der Waals surface area contributed by atoms with E-state index in [2.05, 4.69) is 6.07 Å². The molecular weight excluding hydrogens is 272 g/mol. The Bertz CT molecular complexity index is 595. The lowest BCUT2D eigenvalue weighted by Crippen LogP contribution is -2.24. The molecule has 2 rings (SSSR count). The fourth-order valence-electron chi connectivity index (χ4n) is 2.35. The summed E-state index contributed by atoms with van der Waals surface area (Å²) in [6, 6.07) is 11.2. The van der Waals surface area contributed by atoms with Gasteiger partial charge >= 0.3 is 0 Å². The number of aliphatic hydroxyl groups excluding tert-OH is 1. The molecule has 112 valence electrons. The zero-order valence-electron chi connectivity index (χ0n) is 12.2. The second-order valence-electron chi connectivity index (χ2n) is 5.40. The highest BCUT2D eigenvalue weighted by Crippen LogP contribution is 2.18. The first-order chi connectivity index (χ1) is 9.94. The first-order valence-corrected chi connectivity index (χ1v) is 6.82. The molecule has 1 atom stereocenters. The van der Waals surface area contributed by atoms with E-state index in [1.165, 1.54) is 5.56 Å². The molecule has 4 heteroatoms. The Morgan fingerprint density at radius 2 is 1.76 bits per heavy atom. The van der Waals surface area contributed by atoms with Gasteiger partial charge in [-0.1, -0.05) is 29.8 Å². The second-order valence-corrected chi connectivity index (χ2v) is 5.40. The minimum absolute atomic E-state index is 0.253. The van der Waals surface area contributed by atoms with Gasteiger partial charge in [0.2, 0.25) is 0 Å². The third-order valence-corrected chi connectivity index (χ3v) is 3.29. The summed E-state index contributed by atoms with van der Waals surface area (Å²) in [5, 5.41) is 10.1. The lowest BCUT2D eigenvalue weighted by atomic mass is 10.1. The third-order valence-electron chi connectivity index (χ3n) is 3.29. The molecule has 0 aliphatic carbocycles. The molecule has 0 unspecified atom stereocenters. The molecule has 0 bridgehead atoms. The number of hydrogen-bond acceptors (Lipinski definition) is 2. The van der Waals surface area contributed by atoms with E-state index in [-0.39, 0.29) is 5.56 Å². The molecule has 2 nitrogen and oxygen atoms in total. The molecule has 1 N–H and O–H groups in total. The topological polar surface area (TPSA) is 23.5 Å². The number of benzene rings is 2. The van der Waals surface area contributed by atoms with Gasteiger partial charge in [0.25, 0.3) is 0 Å². The zero-order chi connectivity index (χ0) is 15.4. The van der Waals surface area contributed by atoms with Crippen LogP contribution in [-0.2, 0) is 6.54 Å². The molecule has 0 radical (unpaired) electrons. The lowest BCUT2D eigenvalue weighted by molar-refractivity contribution is 0.123. The Labute approximate surface area is 123 Å². The van der Waals surface area contributed by atoms with Gasteiger partial charge in [-0.25, -0.2) is 8.78 Å². The van der Waals surface area contributed by atoms with Gasteiger partial charge in [0.05, 0.1) is 6.10 Å². The third kappa shape index (κ3) is 4.62. The van der Waals surface area contributed by atoms with E-state index in [0.29, 0.717) is 13.1 Å². The van der Waals surface area contributed by atoms with Gasteiger partial charge < -0.3 is 5.11 Å². The number of aliphatic hydroxyl groups is 1. The molecular formula is C17H19F2NO. The maximum absolute atomic E-state index is 13.2. The van der Waals surface area contributed by atoms with Crippen molar-refractivity contribution < 1.29 is 13.9 Å². The average molecular weight is 291 g/mol. The molecule has 2 aromatic rings. The van der Waals surface area contributed by atoms with Crippen LogP contribution in [0.3, 0.4) is 0 Å². The first kappa shape index (κ1) is 15.6. The summed E-state index contributed by atoms with van der Waals surface area (Å²) in [4.78, 5) is 1.92. The zero-order valence-corrected chi connectivity index (χ0v) is 12.2. The van der Waals surface area contributed by atoms with Crippen molar-refractivity contribution in [3.63, 3.8) is 0 Å². The van der Waals surface area contributed by atoms with Crippen LogP contribution in [0, 0.1) is 18.6 Å². The molecule has 2 aromatic carbocycles. The predicted octanol–water partition coefficient (Wildman–Crippen LogP) is 3.44. The number of nitrogens with zero attached hydrogens (tertiary/aromatic N) is 1. The van der Waals surface area contributed by atoms with Crippen molar-refractivity contribution in [2.75, 3.05) is 13.6 Å². The highest BCUT2D eigenvalue weighted by Gasteiger charge is 2.13. The van der Waals surface area contributed by atoms with Crippen molar-refractivity contribution in [2.24, 2.45) is 0 Å². The van der Waals surface area contributed by atoms with Crippen LogP contribution in [0.5, 0.6) is 0 Å². The van der Waals surface area contributed by atoms with E-state index in [1.807, 2.05) is 37.1 Å². The highest BCUT2D eigenvalue weighted by molar-refractivity contribution is 5.23. The summed E-state index contributed by atoms with van der Waals surface area (Å²) in [6.07, 6.45) is -0.926. The number of halogens is 2. The van der Waals surface area contributed by atoms with E-state index < -0.39 is 17.7 Å². The van der Waals surface area contributed by atoms with Crippen molar-refractivity contribution in [1.82, 2.24) is 4.90 Å². The Kier molecular flexibility index (Phi) is 5.04. The molecule has 0 fully saturated rings. The molecule has 0 aliphatic heterocycles. The molecule has 0 amide bonds. The van der Waals surface area contributed by atoms with Crippen LogP contribution in [0.1, 0.15) is 22.8 Å². The smallest absolute Gasteiger partial charge is 0.126 e. The fourth-order valence-corrected chi connectivity index (χ4v) is 2.35. The predicted molar refractivity (Wildman–Crippen MR) is 78.8 cm³/mol. The van der Waals surface area contributed by atoms with Crippen LogP contribution in [0.2, 0.25) is 0 Å². The highest BCUT2D eigenvalue weighted by atomic mass is 19.1. The van der Waals surface area contributed by atoms with Crippen molar-refractivity contribution in [2.45, 2.75) is 19.6 Å². The van der Waals surface area contributed by atoms with Crippen LogP contribution in [0.25, 0.3) is 0 Å². The summed E-state index contributed by atoms with van der Waals surface area (Å²) < 4.78 is 26.3. The van der Waals surface area contributed by atoms with Gasteiger partial charge in [-0.2, -0.15) is 0 Å². The molecule has 0 heterocycles. The molecule has 0 saturated carbocycles. The lowest BCUT2D eigenvalue weighted by Gasteiger charge is -2.21. The average Bonchev–Trinajstić information content (AvgIpc) is 2.37. The number of hydrogen-bond donors (Lipinski definition) is 1. The Morgan fingerprint density at radius 3 is 2.38 bits per heavy atom. The van der Waals surface area contributed by atoms with E-state index in [1.54, 1.807) is 0 Å². The van der Waals surface area contributed by atoms with Crippen LogP contribution in [0.15, 0.2) is 42.5 Å². The molecule has 0 saturated heterocycles. The maximum atomic E-state index is 13.2. The summed E-state index contributed by atoms with van der Waals surface area (Å²) >= 11 is 0. The minimum atomic E-state index is -0.926. The summed E-state index contributed by atoms with van der Waals surface area (Å²) in [7, 11) is 1.86. The van der Waals surface area contributed by atoms with E-state index >= 15 is 0 Å². The standard InChI is InChI=1S/C17H19F2NO/c1-12-4-3-5-13(6-12)10-20(2)11-17(21)14-7-15(18)9-16(19)8-14/h3-9,17,21H,10-11H2,1-2H3/t17-/m1/s1. The number of likely N-dealkylation sites (N-methyl/N-ethyl adjacent to an activating group) is 1. The number of aryl methyl sites for hydroxylation is 1. The van der Waals surface area contributed by atoms with Crippen LogP contribution >= 0.6 is 0 Å². The van der Waals surface area contributed by atoms with Crippen molar-refractivity contribution in [3.05, 3.63) is 70.8 Å². The van der Waals surface area contributed by atoms with E-state index in [9.17, 15) is 13.9 Å². The van der Waals surface area contributed by atoms with Gasteiger partial charge in [-0.05, 0) is 37.2 Å². The fraction of sp³-hybridized carbons (Fsp3) is 0.294. The molecule has 0 aromatic heterocycles. The van der Waals surface area contributed by atoms with Gasteiger partial charge in [0, 0.05) is 19.2 Å². The maximum Gasteiger partial charge on any atom is 0.126 e. The van der Waals surface area contributed by atoms with E-state index in [0.717, 1.165) is 23.8 Å². The SMILES string of the molecule is Cc1cccc(CN(C)C[C@@H](O)c2cc(F)cc(F)c2)c1. The minimum Gasteiger partial charge on any atom is -0.387 e. The Balaban J connectivity index is 2.00. The largest absolute Gasteiger partial charge is 0.387 e. The summed E-state index contributed by atoms with van der Waals surface area (Å²) in [5.74, 6) is -1.35. The van der Waals surface area contributed by atoms with Gasteiger partial charge in [-0.15, -0.1) is 0 Å². The van der Waals surface area contributed by atoms with Gasteiger partial charge in [-0.3, -0.25) is 4.90 Å². The quantitative estimate of drug-likeness (QED) is 0.912. The van der Waals surface area contributed by atoms with Crippen LogP contribution < -0.4 is 0 Å². The number of rotatable bonds is 5. The molecule has 0 spiro atoms. The Hall–Kier alpha value is -1.78. The van der Waals surface area contributed by atoms with Crippen LogP contribution in [-0.4, -0.2) is 23.6 Å². The van der Waals surface area contributed by atoms with Gasteiger partial charge in [0.1, 0.15) is 11.6 Å². The monoisotopic (exact) mass is 291 g/mol. The first-order valence-electron chi connectivity index (χ1n) is 6.82. The van der Waals surface area contributed by atoms with Gasteiger partial charge in [0.15, 0.2) is 0 Å². The van der Waals surface area contributed by atoms with Crippen molar-refractivity contribution in [1.29, 1.82) is 0 Å². The van der Waals surface area contributed by atoms with E-state index in [4.69, 9.17) is 0 Å². The van der Waals surface area contributed by atoms with Crippen molar-refractivity contribution in [3.8, 4) is 0 Å². The normalized spacial score (nSPS) is 12.7. The second kappa shape index (κ2) is 6.78. The molecule has 21 heavy (non-hydrogen) atoms. The van der Waals surface area contributed by atoms with Crippen molar-refractivity contribution >= 4 is 0 Å². The molecule has 0 aliphatic rings. The summed E-state index contributed by atoms with van der Waals surface area (Å²) in [6.45, 7) is 2.99. The van der Waals surface area contributed by atoms with Crippen LogP contribution in [0.4, 0.5) is 8.78 Å². The Morgan fingerprint density at radius 1 is 1.10 bits per heavy atom.